The second kappa shape index (κ2) is 8.85. The molecule has 0 heterocycles. The molecule has 2 aromatic rings. The molecule has 138 valence electrons. The zero-order chi connectivity index (χ0) is 19.3. The van der Waals surface area contributed by atoms with Crippen LogP contribution in [-0.2, 0) is 9.53 Å². The Morgan fingerprint density at radius 2 is 1.85 bits per heavy atom. The highest BCUT2D eigenvalue weighted by molar-refractivity contribution is 9.10. The Bertz CT molecular complexity index is 819. The number of carbonyl (C=O) groups excluding carboxylic acids is 2. The number of carbonyl (C=O) groups is 2. The van der Waals surface area contributed by atoms with Crippen LogP contribution in [0.2, 0.25) is 0 Å². The minimum atomic E-state index is -0.593. The molecule has 2 aromatic carbocycles. The van der Waals surface area contributed by atoms with Gasteiger partial charge in [0.15, 0.2) is 6.61 Å². The van der Waals surface area contributed by atoms with E-state index >= 15 is 0 Å². The van der Waals surface area contributed by atoms with E-state index in [1.165, 1.54) is 12.7 Å². The molecule has 0 saturated carbocycles. The third kappa shape index (κ3) is 5.08. The number of nitrogens with one attached hydrogen (secondary N) is 1. The second-order valence-corrected chi connectivity index (χ2v) is 6.91. The van der Waals surface area contributed by atoms with E-state index in [4.69, 9.17) is 9.47 Å². The molecule has 1 amide bonds. The fourth-order valence-corrected chi connectivity index (χ4v) is 2.81. The van der Waals surface area contributed by atoms with Gasteiger partial charge in [0.2, 0.25) is 0 Å². The molecule has 26 heavy (non-hydrogen) atoms. The second-order valence-electron chi connectivity index (χ2n) is 6.05. The van der Waals surface area contributed by atoms with E-state index in [2.05, 4.69) is 21.2 Å². The van der Waals surface area contributed by atoms with Gasteiger partial charge in [-0.2, -0.15) is 0 Å². The van der Waals surface area contributed by atoms with Gasteiger partial charge in [0.25, 0.3) is 5.91 Å². The smallest absolute Gasteiger partial charge is 0.339 e. The van der Waals surface area contributed by atoms with Crippen LogP contribution in [0.5, 0.6) is 5.75 Å². The van der Waals surface area contributed by atoms with Gasteiger partial charge in [-0.05, 0) is 71.6 Å². The molecule has 0 radical (unpaired) electrons. The summed E-state index contributed by atoms with van der Waals surface area (Å²) in [5, 5.41) is 2.83. The van der Waals surface area contributed by atoms with Crippen molar-refractivity contribution in [1.29, 1.82) is 0 Å². The van der Waals surface area contributed by atoms with E-state index < -0.39 is 5.97 Å². The van der Waals surface area contributed by atoms with Crippen LogP contribution >= 0.6 is 15.9 Å². The van der Waals surface area contributed by atoms with Crippen molar-refractivity contribution in [3.05, 3.63) is 63.1 Å². The molecule has 0 aliphatic rings. The zero-order valence-electron chi connectivity index (χ0n) is 15.3. The maximum absolute atomic E-state index is 12.2. The van der Waals surface area contributed by atoms with Crippen molar-refractivity contribution in [3.63, 3.8) is 0 Å². The van der Waals surface area contributed by atoms with Crippen molar-refractivity contribution < 1.29 is 19.1 Å². The van der Waals surface area contributed by atoms with Gasteiger partial charge in [0, 0.05) is 4.47 Å². The topological polar surface area (TPSA) is 64.6 Å². The largest absolute Gasteiger partial charge is 0.497 e. The number of halogens is 1. The Labute approximate surface area is 161 Å². The van der Waals surface area contributed by atoms with E-state index in [9.17, 15) is 9.59 Å². The van der Waals surface area contributed by atoms with Crippen LogP contribution in [0.3, 0.4) is 0 Å². The van der Waals surface area contributed by atoms with Gasteiger partial charge >= 0.3 is 5.97 Å². The number of hydrogen-bond acceptors (Lipinski definition) is 4. The number of aryl methyl sites for hydroxylation is 2. The number of benzene rings is 2. The normalized spacial score (nSPS) is 11.6. The van der Waals surface area contributed by atoms with Crippen LogP contribution in [0.25, 0.3) is 0 Å². The quantitative estimate of drug-likeness (QED) is 0.715. The number of ether oxygens (including phenoxy) is 2. The first-order valence-corrected chi connectivity index (χ1v) is 8.98. The van der Waals surface area contributed by atoms with E-state index in [0.29, 0.717) is 15.8 Å². The first kappa shape index (κ1) is 20.0. The molecule has 5 nitrogen and oxygen atoms in total. The molecule has 0 unspecified atom stereocenters. The van der Waals surface area contributed by atoms with E-state index in [-0.39, 0.29) is 18.6 Å². The molecule has 0 spiro atoms. The molecule has 0 aliphatic heterocycles. The lowest BCUT2D eigenvalue weighted by molar-refractivity contribution is -0.124. The van der Waals surface area contributed by atoms with Gasteiger partial charge in [0.05, 0.1) is 18.7 Å². The number of hydrogen-bond donors (Lipinski definition) is 1. The molecule has 1 N–H and O–H groups in total. The van der Waals surface area contributed by atoms with Gasteiger partial charge in [-0.15, -0.1) is 0 Å². The first-order chi connectivity index (χ1) is 12.3. The van der Waals surface area contributed by atoms with Crippen LogP contribution in [-0.4, -0.2) is 25.6 Å². The summed E-state index contributed by atoms with van der Waals surface area (Å²) in [7, 11) is 1.51. The van der Waals surface area contributed by atoms with Gasteiger partial charge in [-0.25, -0.2) is 4.79 Å². The molecular formula is C20H22BrNO4. The lowest BCUT2D eigenvalue weighted by Crippen LogP contribution is -2.31. The summed E-state index contributed by atoms with van der Waals surface area (Å²) in [6.07, 6.45) is 0. The predicted octanol–water partition coefficient (Wildman–Crippen LogP) is 4.11. The molecule has 0 bridgehead atoms. The highest BCUT2D eigenvalue weighted by atomic mass is 79.9. The Balaban J connectivity index is 1.93. The average molecular weight is 420 g/mol. The van der Waals surface area contributed by atoms with Crippen molar-refractivity contribution >= 4 is 27.8 Å². The van der Waals surface area contributed by atoms with Crippen LogP contribution in [0.15, 0.2) is 40.9 Å². The van der Waals surface area contributed by atoms with Crippen LogP contribution < -0.4 is 10.1 Å². The lowest BCUT2D eigenvalue weighted by Gasteiger charge is -2.16. The maximum atomic E-state index is 12.2. The maximum Gasteiger partial charge on any atom is 0.339 e. The molecule has 2 rings (SSSR count). The van der Waals surface area contributed by atoms with Gasteiger partial charge < -0.3 is 14.8 Å². The standard InChI is InChI=1S/C20H22BrNO4/c1-12-5-6-15(9-13(12)2)14(3)22-19(23)11-26-20(24)17-10-16(25-4)7-8-18(17)21/h5-10,14H,11H2,1-4H3,(H,22,23)/t14-/m1/s1. The molecule has 0 fully saturated rings. The fraction of sp³-hybridized carbons (Fsp3) is 0.300. The van der Waals surface area contributed by atoms with E-state index in [1.54, 1.807) is 18.2 Å². The Hall–Kier alpha value is -2.34. The summed E-state index contributed by atoms with van der Waals surface area (Å²) in [5.41, 5.74) is 3.67. The van der Waals surface area contributed by atoms with Crippen molar-refractivity contribution in [2.24, 2.45) is 0 Å². The van der Waals surface area contributed by atoms with Gasteiger partial charge in [-0.3, -0.25) is 4.79 Å². The third-order valence-corrected chi connectivity index (χ3v) is 4.83. The summed E-state index contributed by atoms with van der Waals surface area (Å²) in [4.78, 5) is 24.3. The number of amides is 1. The van der Waals surface area contributed by atoms with E-state index in [1.807, 2.05) is 39.0 Å². The molecule has 0 aromatic heterocycles. The summed E-state index contributed by atoms with van der Waals surface area (Å²) in [6.45, 7) is 5.61. The predicted molar refractivity (Wildman–Crippen MR) is 103 cm³/mol. The highest BCUT2D eigenvalue weighted by Gasteiger charge is 2.16. The van der Waals surface area contributed by atoms with E-state index in [0.717, 1.165) is 11.1 Å². The molecule has 0 aliphatic carbocycles. The van der Waals surface area contributed by atoms with Crippen molar-refractivity contribution in [3.8, 4) is 5.75 Å². The summed E-state index contributed by atoms with van der Waals surface area (Å²) >= 11 is 3.29. The van der Waals surface area contributed by atoms with Crippen LogP contribution in [0.4, 0.5) is 0 Å². The highest BCUT2D eigenvalue weighted by Crippen LogP contribution is 2.23. The number of methoxy groups -OCH3 is 1. The molecule has 6 heteroatoms. The number of esters is 1. The Morgan fingerprint density at radius 3 is 2.50 bits per heavy atom. The molecule has 1 atom stereocenters. The molecular weight excluding hydrogens is 398 g/mol. The lowest BCUT2D eigenvalue weighted by atomic mass is 10.0. The monoisotopic (exact) mass is 419 g/mol. The number of rotatable bonds is 6. The van der Waals surface area contributed by atoms with Crippen LogP contribution in [0, 0.1) is 13.8 Å². The minimum Gasteiger partial charge on any atom is -0.497 e. The Morgan fingerprint density at radius 1 is 1.12 bits per heavy atom. The SMILES string of the molecule is COc1ccc(Br)c(C(=O)OCC(=O)N[C@H](C)c2ccc(C)c(C)c2)c1. The van der Waals surface area contributed by atoms with Crippen LogP contribution in [0.1, 0.15) is 40.0 Å². The summed E-state index contributed by atoms with van der Waals surface area (Å²) in [5.74, 6) is -0.416. The third-order valence-electron chi connectivity index (χ3n) is 4.14. The van der Waals surface area contributed by atoms with Crippen molar-refractivity contribution in [2.75, 3.05) is 13.7 Å². The summed E-state index contributed by atoms with van der Waals surface area (Å²) < 4.78 is 10.8. The van der Waals surface area contributed by atoms with Gasteiger partial charge in [0.1, 0.15) is 5.75 Å². The van der Waals surface area contributed by atoms with Crippen molar-refractivity contribution in [2.45, 2.75) is 26.8 Å². The van der Waals surface area contributed by atoms with Crippen molar-refractivity contribution in [1.82, 2.24) is 5.32 Å². The zero-order valence-corrected chi connectivity index (χ0v) is 16.8. The minimum absolute atomic E-state index is 0.177. The summed E-state index contributed by atoms with van der Waals surface area (Å²) in [6, 6.07) is 10.8. The fourth-order valence-electron chi connectivity index (χ4n) is 2.40. The van der Waals surface area contributed by atoms with Gasteiger partial charge in [-0.1, -0.05) is 18.2 Å². The average Bonchev–Trinajstić information content (AvgIpc) is 2.62. The molecule has 0 saturated heterocycles. The first-order valence-electron chi connectivity index (χ1n) is 8.19. The Kier molecular flexibility index (Phi) is 6.80.